The van der Waals surface area contributed by atoms with Crippen LogP contribution in [0.15, 0.2) is 30.3 Å². The maximum absolute atomic E-state index is 13.5. The summed E-state index contributed by atoms with van der Waals surface area (Å²) in [7, 11) is 0. The number of carbonyl (C=O) groups excluding carboxylic acids is 1. The molecule has 20 heavy (non-hydrogen) atoms. The molecule has 0 heterocycles. The molecule has 0 spiro atoms. The van der Waals surface area contributed by atoms with E-state index in [-0.39, 0.29) is 11.4 Å². The highest BCUT2D eigenvalue weighted by atomic mass is 35.5. The number of ketones is 1. The lowest BCUT2D eigenvalue weighted by Crippen LogP contribution is -2.08. The number of hydrogen-bond acceptors (Lipinski definition) is 1. The zero-order chi connectivity index (χ0) is 14.9. The minimum Gasteiger partial charge on any atom is -0.294 e. The molecule has 0 radical (unpaired) electrons. The summed E-state index contributed by atoms with van der Waals surface area (Å²) in [5.74, 6) is -4.40. The minimum atomic E-state index is -1.34. The molecule has 0 aliphatic heterocycles. The van der Waals surface area contributed by atoms with Gasteiger partial charge in [0.15, 0.2) is 17.4 Å². The van der Waals surface area contributed by atoms with Gasteiger partial charge < -0.3 is 0 Å². The largest absolute Gasteiger partial charge is 0.294 e. The highest BCUT2D eigenvalue weighted by molar-refractivity contribution is 6.42. The Bertz CT molecular complexity index is 686. The Balaban J connectivity index is 2.28. The van der Waals surface area contributed by atoms with Gasteiger partial charge in [0.1, 0.15) is 5.82 Å². The summed E-state index contributed by atoms with van der Waals surface area (Å²) in [6, 6.07) is 5.39. The van der Waals surface area contributed by atoms with Crippen molar-refractivity contribution in [3.63, 3.8) is 0 Å². The second-order valence-corrected chi connectivity index (χ2v) is 4.91. The van der Waals surface area contributed by atoms with Crippen molar-refractivity contribution in [1.82, 2.24) is 0 Å². The van der Waals surface area contributed by atoms with E-state index < -0.39 is 28.8 Å². The molecule has 0 N–H and O–H groups in total. The number of halogens is 5. The molecule has 0 aromatic heterocycles. The molecular weight excluding hydrogens is 312 g/mol. The fraction of sp³-hybridized carbons (Fsp3) is 0.0714. The minimum absolute atomic E-state index is 0.196. The lowest BCUT2D eigenvalue weighted by Gasteiger charge is -2.05. The third-order valence-electron chi connectivity index (χ3n) is 2.66. The van der Waals surface area contributed by atoms with Crippen LogP contribution in [0, 0.1) is 17.5 Å². The number of hydrogen-bond donors (Lipinski definition) is 0. The number of benzene rings is 2. The van der Waals surface area contributed by atoms with Gasteiger partial charge in [0.25, 0.3) is 0 Å². The first-order valence-electron chi connectivity index (χ1n) is 5.50. The van der Waals surface area contributed by atoms with Crippen molar-refractivity contribution >= 4 is 29.0 Å². The van der Waals surface area contributed by atoms with Gasteiger partial charge >= 0.3 is 0 Å². The van der Waals surface area contributed by atoms with Crippen molar-refractivity contribution < 1.29 is 18.0 Å². The molecule has 0 unspecified atom stereocenters. The van der Waals surface area contributed by atoms with E-state index in [1.54, 1.807) is 6.07 Å². The zero-order valence-corrected chi connectivity index (χ0v) is 11.4. The molecule has 0 fully saturated rings. The quantitative estimate of drug-likeness (QED) is 0.585. The van der Waals surface area contributed by atoms with E-state index in [0.29, 0.717) is 22.7 Å². The Morgan fingerprint density at radius 3 is 2.20 bits per heavy atom. The molecular formula is C14H7Cl2F3O. The summed E-state index contributed by atoms with van der Waals surface area (Å²) < 4.78 is 39.3. The van der Waals surface area contributed by atoms with E-state index >= 15 is 0 Å². The van der Waals surface area contributed by atoms with Crippen LogP contribution in [0.4, 0.5) is 13.2 Å². The van der Waals surface area contributed by atoms with Crippen LogP contribution in [0.3, 0.4) is 0 Å². The monoisotopic (exact) mass is 318 g/mol. The average Bonchev–Trinajstić information content (AvgIpc) is 2.38. The summed E-state index contributed by atoms with van der Waals surface area (Å²) in [4.78, 5) is 11.9. The normalized spacial score (nSPS) is 10.7. The van der Waals surface area contributed by atoms with Crippen LogP contribution in [-0.2, 0) is 6.42 Å². The lowest BCUT2D eigenvalue weighted by atomic mass is 10.0. The third-order valence-corrected chi connectivity index (χ3v) is 3.40. The van der Waals surface area contributed by atoms with Crippen molar-refractivity contribution in [1.29, 1.82) is 0 Å². The summed E-state index contributed by atoms with van der Waals surface area (Å²) >= 11 is 11.5. The van der Waals surface area contributed by atoms with Gasteiger partial charge in [-0.25, -0.2) is 13.2 Å². The summed E-state index contributed by atoms with van der Waals surface area (Å²) in [5.41, 5.74) is -0.0106. The van der Waals surface area contributed by atoms with Crippen LogP contribution in [0.2, 0.25) is 10.0 Å². The summed E-state index contributed by atoms with van der Waals surface area (Å²) in [6.45, 7) is 0. The van der Waals surface area contributed by atoms with Gasteiger partial charge in [-0.1, -0.05) is 29.3 Å². The molecule has 2 aromatic carbocycles. The van der Waals surface area contributed by atoms with Gasteiger partial charge in [0.2, 0.25) is 0 Å². The van der Waals surface area contributed by atoms with E-state index in [1.807, 2.05) is 0 Å². The fourth-order valence-corrected chi connectivity index (χ4v) is 1.99. The molecule has 1 nitrogen and oxygen atoms in total. The van der Waals surface area contributed by atoms with Gasteiger partial charge in [0, 0.05) is 12.5 Å². The molecule has 0 atom stereocenters. The highest BCUT2D eigenvalue weighted by Crippen LogP contribution is 2.24. The van der Waals surface area contributed by atoms with Crippen LogP contribution >= 0.6 is 23.2 Å². The Morgan fingerprint density at radius 2 is 1.55 bits per heavy atom. The molecule has 0 saturated heterocycles. The molecule has 2 rings (SSSR count). The Kier molecular flexibility index (Phi) is 4.35. The number of carbonyl (C=O) groups is 1. The SMILES string of the molecule is O=C(Cc1ccc(Cl)c(Cl)c1)c1cc(F)c(F)cc1F. The van der Waals surface area contributed by atoms with E-state index in [4.69, 9.17) is 23.2 Å². The Morgan fingerprint density at radius 1 is 0.900 bits per heavy atom. The molecule has 0 saturated carbocycles. The molecule has 0 amide bonds. The first-order valence-corrected chi connectivity index (χ1v) is 6.25. The van der Waals surface area contributed by atoms with Crippen molar-refractivity contribution in [2.45, 2.75) is 6.42 Å². The van der Waals surface area contributed by atoms with E-state index in [9.17, 15) is 18.0 Å². The molecule has 2 aromatic rings. The van der Waals surface area contributed by atoms with Crippen molar-refractivity contribution in [2.75, 3.05) is 0 Å². The van der Waals surface area contributed by atoms with E-state index in [0.717, 1.165) is 0 Å². The van der Waals surface area contributed by atoms with Crippen molar-refractivity contribution in [2.24, 2.45) is 0 Å². The summed E-state index contributed by atoms with van der Waals surface area (Å²) in [6.07, 6.45) is -0.196. The van der Waals surface area contributed by atoms with Gasteiger partial charge in [-0.05, 0) is 23.8 Å². The second-order valence-electron chi connectivity index (χ2n) is 4.09. The summed E-state index contributed by atoms with van der Waals surface area (Å²) in [5, 5.41) is 0.574. The lowest BCUT2D eigenvalue weighted by molar-refractivity contribution is 0.0988. The van der Waals surface area contributed by atoms with Crippen LogP contribution in [0.1, 0.15) is 15.9 Å². The molecule has 0 aliphatic rings. The molecule has 6 heteroatoms. The predicted octanol–water partition coefficient (Wildman–Crippen LogP) is 4.84. The van der Waals surface area contributed by atoms with Crippen LogP contribution in [0.5, 0.6) is 0 Å². The van der Waals surface area contributed by atoms with Gasteiger partial charge in [-0.15, -0.1) is 0 Å². The average molecular weight is 319 g/mol. The fourth-order valence-electron chi connectivity index (χ4n) is 1.67. The molecule has 104 valence electrons. The first-order chi connectivity index (χ1) is 9.38. The van der Waals surface area contributed by atoms with E-state index in [2.05, 4.69) is 0 Å². The highest BCUT2D eigenvalue weighted by Gasteiger charge is 2.17. The van der Waals surface area contributed by atoms with Gasteiger partial charge in [-0.3, -0.25) is 4.79 Å². The second kappa shape index (κ2) is 5.85. The Labute approximate surface area is 122 Å². The van der Waals surface area contributed by atoms with Gasteiger partial charge in [-0.2, -0.15) is 0 Å². The number of Topliss-reactive ketones (excluding diaryl/α,β-unsaturated/α-hetero) is 1. The van der Waals surface area contributed by atoms with Crippen molar-refractivity contribution in [3.8, 4) is 0 Å². The van der Waals surface area contributed by atoms with Crippen LogP contribution < -0.4 is 0 Å². The first kappa shape index (κ1) is 14.9. The number of rotatable bonds is 3. The van der Waals surface area contributed by atoms with Gasteiger partial charge in [0.05, 0.1) is 15.6 Å². The van der Waals surface area contributed by atoms with Crippen LogP contribution in [0.25, 0.3) is 0 Å². The zero-order valence-electron chi connectivity index (χ0n) is 9.89. The molecule has 0 bridgehead atoms. The van der Waals surface area contributed by atoms with Crippen LogP contribution in [-0.4, -0.2) is 5.78 Å². The molecule has 0 aliphatic carbocycles. The van der Waals surface area contributed by atoms with Crippen molar-refractivity contribution in [3.05, 3.63) is 69.0 Å². The smallest absolute Gasteiger partial charge is 0.170 e. The van der Waals surface area contributed by atoms with E-state index in [1.165, 1.54) is 12.1 Å². The predicted molar refractivity (Wildman–Crippen MR) is 70.8 cm³/mol. The standard InChI is InChI=1S/C14H7Cl2F3O/c15-9-2-1-7(3-10(9)16)4-14(20)8-5-12(18)13(19)6-11(8)17/h1-3,5-6H,4H2. The Hall–Kier alpha value is -1.52. The third kappa shape index (κ3) is 3.14. The maximum atomic E-state index is 13.5. The topological polar surface area (TPSA) is 17.1 Å². The maximum Gasteiger partial charge on any atom is 0.170 e.